The van der Waals surface area contributed by atoms with E-state index in [4.69, 9.17) is 0 Å². The molecular formula is C27H36N2. The van der Waals surface area contributed by atoms with Gasteiger partial charge < -0.3 is 9.80 Å². The summed E-state index contributed by atoms with van der Waals surface area (Å²) in [6.07, 6.45) is 6.62. The number of allylic oxidation sites excluding steroid dienone is 2. The molecule has 2 aromatic rings. The summed E-state index contributed by atoms with van der Waals surface area (Å²) in [6.45, 7) is 14.8. The molecule has 0 saturated heterocycles. The lowest BCUT2D eigenvalue weighted by atomic mass is 9.94. The summed E-state index contributed by atoms with van der Waals surface area (Å²) in [5.41, 5.74) is 7.22. The van der Waals surface area contributed by atoms with E-state index in [-0.39, 0.29) is 0 Å². The van der Waals surface area contributed by atoms with E-state index in [1.54, 1.807) is 0 Å². The monoisotopic (exact) mass is 388 g/mol. The highest BCUT2D eigenvalue weighted by Gasteiger charge is 2.08. The van der Waals surface area contributed by atoms with Crippen molar-refractivity contribution in [3.63, 3.8) is 0 Å². The van der Waals surface area contributed by atoms with Gasteiger partial charge in [-0.25, -0.2) is 0 Å². The zero-order chi connectivity index (χ0) is 21.6. The van der Waals surface area contributed by atoms with Crippen LogP contribution in [0.15, 0.2) is 55.1 Å². The zero-order valence-electron chi connectivity index (χ0n) is 18.9. The second-order valence-electron chi connectivity index (χ2n) is 8.36. The smallest absolute Gasteiger partial charge is 0.0367 e. The van der Waals surface area contributed by atoms with Crippen LogP contribution in [0.3, 0.4) is 0 Å². The number of hydrogen-bond donors (Lipinski definition) is 0. The van der Waals surface area contributed by atoms with Crippen molar-refractivity contribution in [2.24, 2.45) is 0 Å². The Kier molecular flexibility index (Phi) is 7.90. The van der Waals surface area contributed by atoms with Gasteiger partial charge in [0, 0.05) is 39.6 Å². The molecule has 0 heterocycles. The summed E-state index contributed by atoms with van der Waals surface area (Å²) >= 11 is 0. The Morgan fingerprint density at radius 2 is 1.45 bits per heavy atom. The Hall–Kier alpha value is -2.74. The molecule has 0 aliphatic rings. The molecule has 0 aromatic heterocycles. The van der Waals surface area contributed by atoms with Crippen molar-refractivity contribution < 1.29 is 0 Å². The topological polar surface area (TPSA) is 6.48 Å². The number of rotatable bonds is 9. The van der Waals surface area contributed by atoms with Crippen molar-refractivity contribution in [2.75, 3.05) is 38.0 Å². The summed E-state index contributed by atoms with van der Waals surface area (Å²) in [6, 6.07) is 13.0. The molecule has 0 unspecified atom stereocenters. The van der Waals surface area contributed by atoms with Crippen molar-refractivity contribution in [1.82, 2.24) is 0 Å². The predicted molar refractivity (Wildman–Crippen MR) is 132 cm³/mol. The molecule has 0 radical (unpaired) electrons. The van der Waals surface area contributed by atoms with Crippen LogP contribution in [0.4, 0.5) is 11.4 Å². The van der Waals surface area contributed by atoms with E-state index < -0.39 is 0 Å². The van der Waals surface area contributed by atoms with Crippen LogP contribution < -0.4 is 20.2 Å². The fourth-order valence-corrected chi connectivity index (χ4v) is 3.33. The molecule has 0 amide bonds. The molecule has 0 aliphatic heterocycles. The maximum Gasteiger partial charge on any atom is 0.0367 e. The average molecular weight is 389 g/mol. The molecule has 0 saturated carbocycles. The van der Waals surface area contributed by atoms with E-state index in [0.29, 0.717) is 0 Å². The van der Waals surface area contributed by atoms with Gasteiger partial charge in [-0.3, -0.25) is 0 Å². The molecule has 2 aromatic carbocycles. The minimum absolute atomic E-state index is 1.00. The minimum Gasteiger partial charge on any atom is -0.378 e. The summed E-state index contributed by atoms with van der Waals surface area (Å²) in [7, 11) is 8.25. The molecule has 0 bridgehead atoms. The maximum absolute atomic E-state index is 4.42. The van der Waals surface area contributed by atoms with E-state index >= 15 is 0 Å². The van der Waals surface area contributed by atoms with Crippen LogP contribution in [-0.4, -0.2) is 28.2 Å². The molecular weight excluding hydrogens is 352 g/mol. The summed E-state index contributed by atoms with van der Waals surface area (Å²) in [4.78, 5) is 4.24. The fraction of sp³-hybridized carbons (Fsp3) is 0.333. The minimum atomic E-state index is 1.00. The fourth-order valence-electron chi connectivity index (χ4n) is 3.33. The molecule has 0 fully saturated rings. The Morgan fingerprint density at radius 1 is 0.862 bits per heavy atom. The van der Waals surface area contributed by atoms with Crippen LogP contribution in [0.25, 0.3) is 18.2 Å². The van der Waals surface area contributed by atoms with Gasteiger partial charge in [0.2, 0.25) is 0 Å². The maximum atomic E-state index is 4.42. The highest BCUT2D eigenvalue weighted by molar-refractivity contribution is 5.76. The predicted octanol–water partition coefficient (Wildman–Crippen LogP) is 5.21. The van der Waals surface area contributed by atoms with Gasteiger partial charge in [-0.2, -0.15) is 0 Å². The molecule has 154 valence electrons. The van der Waals surface area contributed by atoms with Crippen LogP contribution in [0.1, 0.15) is 43.7 Å². The first-order chi connectivity index (χ1) is 13.7. The molecule has 0 spiro atoms. The Bertz CT molecular complexity index is 980. The van der Waals surface area contributed by atoms with Crippen LogP contribution in [-0.2, 0) is 0 Å². The van der Waals surface area contributed by atoms with E-state index in [0.717, 1.165) is 41.8 Å². The van der Waals surface area contributed by atoms with Gasteiger partial charge in [-0.15, -0.1) is 6.58 Å². The molecule has 2 nitrogen and oxygen atoms in total. The third-order valence-corrected chi connectivity index (χ3v) is 5.22. The molecule has 0 atom stereocenters. The standard InChI is InChI=1S/C27H36N2/c1-20(2)11-9-10-12-21(3)27-19-26(29(7)8)16-14-24(27)18-23-13-15-25(28(5)6)17-22(23)4/h13-19H,1,3-4,9-12H2,2,5-8H3/b23-18-. The second kappa shape index (κ2) is 10.2. The van der Waals surface area contributed by atoms with Gasteiger partial charge in [0.1, 0.15) is 0 Å². The highest BCUT2D eigenvalue weighted by atomic mass is 15.1. The number of benzene rings is 2. The van der Waals surface area contributed by atoms with E-state index in [1.165, 1.54) is 28.0 Å². The van der Waals surface area contributed by atoms with Gasteiger partial charge >= 0.3 is 0 Å². The number of nitrogens with zero attached hydrogens (tertiary/aromatic N) is 2. The van der Waals surface area contributed by atoms with Crippen molar-refractivity contribution in [2.45, 2.75) is 32.6 Å². The first-order valence-electron chi connectivity index (χ1n) is 10.3. The van der Waals surface area contributed by atoms with Crippen LogP contribution in [0.2, 0.25) is 0 Å². The lowest BCUT2D eigenvalue weighted by Crippen LogP contribution is -2.24. The van der Waals surface area contributed by atoms with Crippen LogP contribution in [0, 0.1) is 0 Å². The first-order valence-corrected chi connectivity index (χ1v) is 10.3. The molecule has 0 aliphatic carbocycles. The highest BCUT2D eigenvalue weighted by Crippen LogP contribution is 2.28. The van der Waals surface area contributed by atoms with Gasteiger partial charge in [0.15, 0.2) is 0 Å². The third-order valence-electron chi connectivity index (χ3n) is 5.22. The molecule has 29 heavy (non-hydrogen) atoms. The van der Waals surface area contributed by atoms with Gasteiger partial charge in [-0.1, -0.05) is 30.9 Å². The second-order valence-corrected chi connectivity index (χ2v) is 8.36. The quantitative estimate of drug-likeness (QED) is 0.430. The number of anilines is 2. The lowest BCUT2D eigenvalue weighted by Gasteiger charge is -2.17. The van der Waals surface area contributed by atoms with Crippen molar-refractivity contribution in [3.05, 3.63) is 76.7 Å². The van der Waals surface area contributed by atoms with Crippen LogP contribution >= 0.6 is 0 Å². The van der Waals surface area contributed by atoms with Gasteiger partial charge in [0.25, 0.3) is 0 Å². The first kappa shape index (κ1) is 22.5. The van der Waals surface area contributed by atoms with Gasteiger partial charge in [0.05, 0.1) is 0 Å². The zero-order valence-corrected chi connectivity index (χ0v) is 18.9. The van der Waals surface area contributed by atoms with Crippen molar-refractivity contribution in [1.29, 1.82) is 0 Å². The van der Waals surface area contributed by atoms with E-state index in [2.05, 4.69) is 93.0 Å². The Labute approximate surface area is 177 Å². The summed E-state index contributed by atoms with van der Waals surface area (Å²) in [5.74, 6) is 0. The Balaban J connectivity index is 2.40. The average Bonchev–Trinajstić information content (AvgIpc) is 2.66. The normalized spacial score (nSPS) is 11.4. The Morgan fingerprint density at radius 3 is 2.03 bits per heavy atom. The summed E-state index contributed by atoms with van der Waals surface area (Å²) in [5, 5.41) is 2.18. The van der Waals surface area contributed by atoms with E-state index in [9.17, 15) is 0 Å². The van der Waals surface area contributed by atoms with E-state index in [1.807, 2.05) is 14.1 Å². The SMILES string of the molecule is C=C(C)CCCCC(=C)c1cc(N(C)C)ccc1/C=c1/ccc(N(C)C)cc1=C. The summed E-state index contributed by atoms with van der Waals surface area (Å²) < 4.78 is 0. The van der Waals surface area contributed by atoms with Crippen molar-refractivity contribution in [3.8, 4) is 0 Å². The molecule has 2 rings (SSSR count). The largest absolute Gasteiger partial charge is 0.378 e. The lowest BCUT2D eigenvalue weighted by molar-refractivity contribution is 0.750. The molecule has 2 heteroatoms. The number of hydrogen-bond acceptors (Lipinski definition) is 2. The molecule has 0 N–H and O–H groups in total. The number of unbranched alkanes of at least 4 members (excludes halogenated alkanes) is 1. The van der Waals surface area contributed by atoms with Crippen LogP contribution in [0.5, 0.6) is 0 Å². The van der Waals surface area contributed by atoms with Crippen molar-refractivity contribution >= 4 is 29.6 Å². The third kappa shape index (κ3) is 6.39. The van der Waals surface area contributed by atoms with Gasteiger partial charge in [-0.05, 0) is 90.1 Å².